The zero-order valence-electron chi connectivity index (χ0n) is 12.4. The average Bonchev–Trinajstić information content (AvgIpc) is 3.27. The number of rotatable bonds is 4. The van der Waals surface area contributed by atoms with Crippen LogP contribution in [0.4, 0.5) is 0 Å². The fourth-order valence-electron chi connectivity index (χ4n) is 2.78. The van der Waals surface area contributed by atoms with Crippen molar-refractivity contribution in [3.63, 3.8) is 0 Å². The molecule has 0 radical (unpaired) electrons. The molecular formula is C14H22N4O2S. The first-order chi connectivity index (χ1) is 10.2. The molecule has 1 N–H and O–H groups in total. The molecule has 7 heteroatoms. The number of nitrogens with zero attached hydrogens (tertiary/aromatic N) is 3. The van der Waals surface area contributed by atoms with Gasteiger partial charge in [-0.25, -0.2) is 9.89 Å². The number of hydrogen-bond donors (Lipinski definition) is 1. The van der Waals surface area contributed by atoms with E-state index in [-0.39, 0.29) is 22.9 Å². The number of carbonyl (C=O) groups is 1. The number of nitrogens with one attached hydrogen (secondary N) is 1. The Labute approximate surface area is 128 Å². The van der Waals surface area contributed by atoms with Crippen molar-refractivity contribution in [2.75, 3.05) is 13.1 Å². The van der Waals surface area contributed by atoms with Gasteiger partial charge in [0.2, 0.25) is 5.91 Å². The van der Waals surface area contributed by atoms with Crippen LogP contribution in [0.25, 0.3) is 0 Å². The van der Waals surface area contributed by atoms with Crippen LogP contribution in [0.1, 0.15) is 51.5 Å². The number of H-pyrrole nitrogens is 1. The zero-order valence-corrected chi connectivity index (χ0v) is 13.2. The number of amides is 1. The Balaban J connectivity index is 1.66. The molecule has 0 aromatic carbocycles. The van der Waals surface area contributed by atoms with E-state index in [1.54, 1.807) is 4.57 Å². The number of hydrogen-bond acceptors (Lipinski definition) is 4. The molecule has 2 aliphatic rings. The van der Waals surface area contributed by atoms with Gasteiger partial charge in [-0.15, -0.1) is 5.10 Å². The van der Waals surface area contributed by atoms with Crippen molar-refractivity contribution in [2.24, 2.45) is 0 Å². The lowest BCUT2D eigenvalue weighted by Crippen LogP contribution is -2.37. The van der Waals surface area contributed by atoms with Crippen molar-refractivity contribution >= 4 is 17.7 Å². The summed E-state index contributed by atoms with van der Waals surface area (Å²) < 4.78 is 1.71. The van der Waals surface area contributed by atoms with Crippen LogP contribution in [0, 0.1) is 0 Å². The van der Waals surface area contributed by atoms with Gasteiger partial charge in [-0.05, 0) is 32.6 Å². The highest BCUT2D eigenvalue weighted by molar-refractivity contribution is 8.00. The molecule has 0 bridgehead atoms. The van der Waals surface area contributed by atoms with Crippen LogP contribution in [0.2, 0.25) is 0 Å². The van der Waals surface area contributed by atoms with Crippen LogP contribution in [-0.2, 0) is 4.79 Å². The summed E-state index contributed by atoms with van der Waals surface area (Å²) in [5.41, 5.74) is -0.158. The second-order valence-electron chi connectivity index (χ2n) is 5.91. The van der Waals surface area contributed by atoms with Crippen molar-refractivity contribution in [3.8, 4) is 0 Å². The van der Waals surface area contributed by atoms with Crippen LogP contribution in [0.3, 0.4) is 0 Å². The molecule has 116 valence electrons. The smallest absolute Gasteiger partial charge is 0.342 e. The van der Waals surface area contributed by atoms with E-state index in [4.69, 9.17) is 0 Å². The molecule has 1 saturated heterocycles. The molecule has 2 fully saturated rings. The number of aromatic nitrogens is 3. The van der Waals surface area contributed by atoms with Gasteiger partial charge in [0, 0.05) is 19.1 Å². The lowest BCUT2D eigenvalue weighted by molar-refractivity contribution is -0.130. The molecule has 1 aliphatic heterocycles. The molecule has 1 saturated carbocycles. The van der Waals surface area contributed by atoms with E-state index in [2.05, 4.69) is 10.2 Å². The van der Waals surface area contributed by atoms with Crippen LogP contribution in [0.15, 0.2) is 9.95 Å². The van der Waals surface area contributed by atoms with Gasteiger partial charge in [0.1, 0.15) is 0 Å². The van der Waals surface area contributed by atoms with E-state index >= 15 is 0 Å². The normalized spacial score (nSPS) is 21.1. The molecule has 1 aliphatic carbocycles. The highest BCUT2D eigenvalue weighted by Gasteiger charge is 2.31. The van der Waals surface area contributed by atoms with Crippen LogP contribution < -0.4 is 5.69 Å². The average molecular weight is 310 g/mol. The van der Waals surface area contributed by atoms with Crippen LogP contribution in [-0.4, -0.2) is 43.9 Å². The third kappa shape index (κ3) is 3.33. The summed E-state index contributed by atoms with van der Waals surface area (Å²) in [6.45, 7) is 3.63. The third-order valence-corrected chi connectivity index (χ3v) is 5.19. The van der Waals surface area contributed by atoms with E-state index in [1.165, 1.54) is 24.6 Å². The molecule has 6 nitrogen and oxygen atoms in total. The van der Waals surface area contributed by atoms with Crippen LogP contribution in [0.5, 0.6) is 0 Å². The molecule has 1 aromatic rings. The Morgan fingerprint density at radius 1 is 1.29 bits per heavy atom. The SMILES string of the molecule is C[C@H](Sc1n[nH]c(=O)n1C1CC1)C(=O)N1CCCCCC1. The lowest BCUT2D eigenvalue weighted by Gasteiger charge is -2.23. The fourth-order valence-corrected chi connectivity index (χ4v) is 3.79. The fraction of sp³-hybridized carbons (Fsp3) is 0.786. The minimum Gasteiger partial charge on any atom is -0.342 e. The maximum absolute atomic E-state index is 12.5. The van der Waals surface area contributed by atoms with Gasteiger partial charge in [0.15, 0.2) is 5.16 Å². The van der Waals surface area contributed by atoms with Gasteiger partial charge >= 0.3 is 5.69 Å². The van der Waals surface area contributed by atoms with Gasteiger partial charge in [-0.1, -0.05) is 24.6 Å². The van der Waals surface area contributed by atoms with Crippen LogP contribution >= 0.6 is 11.8 Å². The standard InChI is InChI=1S/C14H22N4O2S/c1-10(12(19)17-8-4-2-3-5-9-17)21-14-16-15-13(20)18(14)11-6-7-11/h10-11H,2-9H2,1H3,(H,15,20)/t10-/m0/s1. The Morgan fingerprint density at radius 3 is 2.57 bits per heavy atom. The molecule has 21 heavy (non-hydrogen) atoms. The highest BCUT2D eigenvalue weighted by Crippen LogP contribution is 2.37. The quantitative estimate of drug-likeness (QED) is 0.861. The Hall–Kier alpha value is -1.24. The summed E-state index contributed by atoms with van der Waals surface area (Å²) in [5.74, 6) is 0.166. The third-order valence-electron chi connectivity index (χ3n) is 4.13. The second kappa shape index (κ2) is 6.25. The van der Waals surface area contributed by atoms with E-state index in [9.17, 15) is 9.59 Å². The van der Waals surface area contributed by atoms with Gasteiger partial charge < -0.3 is 4.90 Å². The Kier molecular flexibility index (Phi) is 4.37. The first kappa shape index (κ1) is 14.7. The summed E-state index contributed by atoms with van der Waals surface area (Å²) >= 11 is 1.40. The summed E-state index contributed by atoms with van der Waals surface area (Å²) in [6.07, 6.45) is 6.68. The van der Waals surface area contributed by atoms with Crippen molar-refractivity contribution < 1.29 is 4.79 Å². The monoisotopic (exact) mass is 310 g/mol. The first-order valence-electron chi connectivity index (χ1n) is 7.79. The number of carbonyl (C=O) groups excluding carboxylic acids is 1. The van der Waals surface area contributed by atoms with E-state index < -0.39 is 0 Å². The summed E-state index contributed by atoms with van der Waals surface area (Å²) in [5, 5.41) is 7.04. The molecule has 0 spiro atoms. The zero-order chi connectivity index (χ0) is 14.8. The van der Waals surface area contributed by atoms with E-state index in [1.807, 2.05) is 11.8 Å². The van der Waals surface area contributed by atoms with E-state index in [0.717, 1.165) is 38.8 Å². The topological polar surface area (TPSA) is 71.0 Å². The predicted octanol–water partition coefficient (Wildman–Crippen LogP) is 1.79. The largest absolute Gasteiger partial charge is 0.344 e. The minimum absolute atomic E-state index is 0.158. The predicted molar refractivity (Wildman–Crippen MR) is 81.5 cm³/mol. The molecule has 3 rings (SSSR count). The van der Waals surface area contributed by atoms with E-state index in [0.29, 0.717) is 5.16 Å². The van der Waals surface area contributed by atoms with Crippen molar-refractivity contribution in [1.29, 1.82) is 0 Å². The number of aromatic amines is 1. The first-order valence-corrected chi connectivity index (χ1v) is 8.67. The highest BCUT2D eigenvalue weighted by atomic mass is 32.2. The van der Waals surface area contributed by atoms with Gasteiger partial charge in [0.05, 0.1) is 5.25 Å². The number of thioether (sulfide) groups is 1. The Bertz CT molecular complexity index is 556. The maximum atomic E-state index is 12.5. The van der Waals surface area contributed by atoms with Crippen molar-refractivity contribution in [1.82, 2.24) is 19.7 Å². The molecular weight excluding hydrogens is 288 g/mol. The Morgan fingerprint density at radius 2 is 1.95 bits per heavy atom. The van der Waals surface area contributed by atoms with Crippen molar-refractivity contribution in [2.45, 2.75) is 61.9 Å². The summed E-state index contributed by atoms with van der Waals surface area (Å²) in [4.78, 5) is 26.3. The molecule has 1 aromatic heterocycles. The van der Waals surface area contributed by atoms with Gasteiger partial charge in [0.25, 0.3) is 0 Å². The summed E-state index contributed by atoms with van der Waals surface area (Å²) in [7, 11) is 0. The van der Waals surface area contributed by atoms with Crippen molar-refractivity contribution in [3.05, 3.63) is 10.5 Å². The molecule has 1 atom stereocenters. The minimum atomic E-state index is -0.198. The molecule has 1 amide bonds. The maximum Gasteiger partial charge on any atom is 0.344 e. The summed E-state index contributed by atoms with van der Waals surface area (Å²) in [6, 6.07) is 0.277. The molecule has 2 heterocycles. The molecule has 0 unspecified atom stereocenters. The number of likely N-dealkylation sites (tertiary alicyclic amines) is 1. The second-order valence-corrected chi connectivity index (χ2v) is 7.22. The van der Waals surface area contributed by atoms with Gasteiger partial charge in [-0.2, -0.15) is 0 Å². The van der Waals surface area contributed by atoms with Gasteiger partial charge in [-0.3, -0.25) is 9.36 Å². The lowest BCUT2D eigenvalue weighted by atomic mass is 10.2.